The van der Waals surface area contributed by atoms with E-state index in [0.717, 1.165) is 10.9 Å². The van der Waals surface area contributed by atoms with Gasteiger partial charge in [0.25, 0.3) is 0 Å². The molecule has 0 amide bonds. The second-order valence-electron chi connectivity index (χ2n) is 2.58. The third-order valence-corrected chi connectivity index (χ3v) is 1.77. The van der Waals surface area contributed by atoms with Crippen LogP contribution in [0.15, 0.2) is 36.5 Å². The van der Waals surface area contributed by atoms with Crippen LogP contribution in [-0.2, 0) is 4.89 Å². The molecular formula is C10H9NO2. The summed E-state index contributed by atoms with van der Waals surface area (Å²) in [5.74, 6) is 0.639. The molecule has 1 aromatic carbocycles. The predicted octanol–water partition coefficient (Wildman–Crippen LogP) is 2.17. The summed E-state index contributed by atoms with van der Waals surface area (Å²) >= 11 is 0. The number of hydrogen-bond acceptors (Lipinski definition) is 3. The second kappa shape index (κ2) is 3.41. The van der Waals surface area contributed by atoms with E-state index in [1.165, 1.54) is 7.11 Å². The minimum absolute atomic E-state index is 0.639. The Labute approximate surface area is 75.9 Å². The van der Waals surface area contributed by atoms with E-state index in [2.05, 4.69) is 9.87 Å². The highest BCUT2D eigenvalue weighted by Crippen LogP contribution is 2.22. The Morgan fingerprint density at radius 1 is 1.15 bits per heavy atom. The average Bonchev–Trinajstić information content (AvgIpc) is 2.19. The van der Waals surface area contributed by atoms with Gasteiger partial charge < -0.3 is 4.89 Å². The number of nitrogens with zero attached hydrogens (tertiary/aromatic N) is 1. The first-order valence-corrected chi connectivity index (χ1v) is 3.96. The van der Waals surface area contributed by atoms with Gasteiger partial charge in [0.15, 0.2) is 5.75 Å². The standard InChI is InChI=1S/C10H9NO2/c1-12-13-9-6-2-4-8-5-3-7-11-10(8)9/h2-7H,1H3. The SMILES string of the molecule is COOc1cccc2cccnc12. The fourth-order valence-electron chi connectivity index (χ4n) is 1.23. The molecule has 0 N–H and O–H groups in total. The van der Waals surface area contributed by atoms with Gasteiger partial charge in [-0.25, -0.2) is 0 Å². The minimum atomic E-state index is 0.639. The topological polar surface area (TPSA) is 31.4 Å². The number of rotatable bonds is 2. The van der Waals surface area contributed by atoms with Gasteiger partial charge in [-0.1, -0.05) is 18.2 Å². The molecule has 0 fully saturated rings. The first-order chi connectivity index (χ1) is 6.42. The zero-order chi connectivity index (χ0) is 9.10. The summed E-state index contributed by atoms with van der Waals surface area (Å²) in [7, 11) is 1.47. The van der Waals surface area contributed by atoms with E-state index in [-0.39, 0.29) is 0 Å². The van der Waals surface area contributed by atoms with Gasteiger partial charge in [0.2, 0.25) is 0 Å². The highest BCUT2D eigenvalue weighted by atomic mass is 17.2. The lowest BCUT2D eigenvalue weighted by Crippen LogP contribution is -1.92. The van der Waals surface area contributed by atoms with Crippen molar-refractivity contribution >= 4 is 10.9 Å². The van der Waals surface area contributed by atoms with Gasteiger partial charge in [-0.15, -0.1) is 0 Å². The lowest BCUT2D eigenvalue weighted by atomic mass is 10.2. The molecule has 0 aliphatic rings. The van der Waals surface area contributed by atoms with Crippen LogP contribution >= 0.6 is 0 Å². The Balaban J connectivity index is 2.61. The largest absolute Gasteiger partial charge is 0.335 e. The van der Waals surface area contributed by atoms with Crippen LogP contribution in [0.5, 0.6) is 5.75 Å². The van der Waals surface area contributed by atoms with E-state index < -0.39 is 0 Å². The fourth-order valence-corrected chi connectivity index (χ4v) is 1.23. The summed E-state index contributed by atoms with van der Waals surface area (Å²) < 4.78 is 0. The molecule has 2 aromatic rings. The van der Waals surface area contributed by atoms with Crippen LogP contribution in [0.4, 0.5) is 0 Å². The van der Waals surface area contributed by atoms with Crippen molar-refractivity contribution in [3.63, 3.8) is 0 Å². The summed E-state index contributed by atoms with van der Waals surface area (Å²) in [6.07, 6.45) is 1.73. The molecule has 3 nitrogen and oxygen atoms in total. The van der Waals surface area contributed by atoms with E-state index in [1.807, 2.05) is 30.3 Å². The van der Waals surface area contributed by atoms with Gasteiger partial charge in [-0.3, -0.25) is 4.98 Å². The van der Waals surface area contributed by atoms with Crippen LogP contribution in [-0.4, -0.2) is 12.1 Å². The zero-order valence-electron chi connectivity index (χ0n) is 7.23. The Bertz CT molecular complexity index is 409. The van der Waals surface area contributed by atoms with Gasteiger partial charge in [-0.05, 0) is 12.1 Å². The van der Waals surface area contributed by atoms with Crippen molar-refractivity contribution in [1.29, 1.82) is 0 Å². The number of fused-ring (bicyclic) bond motifs is 1. The van der Waals surface area contributed by atoms with Crippen molar-refractivity contribution in [3.8, 4) is 5.75 Å². The van der Waals surface area contributed by atoms with Crippen LogP contribution in [0.25, 0.3) is 10.9 Å². The Kier molecular flexibility index (Phi) is 2.10. The number of benzene rings is 1. The van der Waals surface area contributed by atoms with Gasteiger partial charge in [0.1, 0.15) is 5.52 Å². The van der Waals surface area contributed by atoms with Crippen molar-refractivity contribution < 1.29 is 9.78 Å². The molecule has 0 radical (unpaired) electrons. The minimum Gasteiger partial charge on any atom is -0.335 e. The maximum absolute atomic E-state index is 4.96. The summed E-state index contributed by atoms with van der Waals surface area (Å²) in [5.41, 5.74) is 0.812. The third-order valence-electron chi connectivity index (χ3n) is 1.77. The molecule has 0 saturated heterocycles. The number of aromatic nitrogens is 1. The van der Waals surface area contributed by atoms with Gasteiger partial charge >= 0.3 is 0 Å². The Hall–Kier alpha value is -1.61. The van der Waals surface area contributed by atoms with E-state index in [0.29, 0.717) is 5.75 Å². The first kappa shape index (κ1) is 8.01. The van der Waals surface area contributed by atoms with Crippen LogP contribution in [0.3, 0.4) is 0 Å². The molecule has 0 aliphatic heterocycles. The smallest absolute Gasteiger partial charge is 0.191 e. The predicted molar refractivity (Wildman–Crippen MR) is 49.4 cm³/mol. The molecule has 66 valence electrons. The highest BCUT2D eigenvalue weighted by Gasteiger charge is 2.01. The third kappa shape index (κ3) is 1.46. The lowest BCUT2D eigenvalue weighted by Gasteiger charge is -2.03. The molecule has 1 aromatic heterocycles. The molecule has 0 aliphatic carbocycles. The molecular weight excluding hydrogens is 166 g/mol. The summed E-state index contributed by atoms with van der Waals surface area (Å²) in [6, 6.07) is 9.56. The maximum Gasteiger partial charge on any atom is 0.191 e. The average molecular weight is 175 g/mol. The molecule has 0 atom stereocenters. The highest BCUT2D eigenvalue weighted by molar-refractivity contribution is 5.83. The summed E-state index contributed by atoms with van der Waals surface area (Å²) in [4.78, 5) is 13.7. The molecule has 13 heavy (non-hydrogen) atoms. The molecule has 2 rings (SSSR count). The van der Waals surface area contributed by atoms with Crippen LogP contribution < -0.4 is 4.89 Å². The summed E-state index contributed by atoms with van der Waals surface area (Å²) in [5, 5.41) is 1.04. The van der Waals surface area contributed by atoms with Crippen LogP contribution in [0, 0.1) is 0 Å². The number of hydrogen-bond donors (Lipinski definition) is 0. The quantitative estimate of drug-likeness (QED) is 0.517. The Morgan fingerprint density at radius 3 is 2.85 bits per heavy atom. The van der Waals surface area contributed by atoms with Gasteiger partial charge in [0.05, 0.1) is 7.11 Å². The summed E-state index contributed by atoms with van der Waals surface area (Å²) in [6.45, 7) is 0. The van der Waals surface area contributed by atoms with Crippen molar-refractivity contribution in [2.75, 3.05) is 7.11 Å². The van der Waals surface area contributed by atoms with Gasteiger partial charge in [-0.2, -0.15) is 4.89 Å². The van der Waals surface area contributed by atoms with E-state index >= 15 is 0 Å². The first-order valence-electron chi connectivity index (χ1n) is 3.96. The van der Waals surface area contributed by atoms with Crippen LogP contribution in [0.2, 0.25) is 0 Å². The lowest BCUT2D eigenvalue weighted by molar-refractivity contribution is -0.177. The Morgan fingerprint density at radius 2 is 2.00 bits per heavy atom. The van der Waals surface area contributed by atoms with Crippen molar-refractivity contribution in [1.82, 2.24) is 4.98 Å². The molecule has 0 bridgehead atoms. The second-order valence-corrected chi connectivity index (χ2v) is 2.58. The van der Waals surface area contributed by atoms with Crippen molar-refractivity contribution in [3.05, 3.63) is 36.5 Å². The molecule has 0 spiro atoms. The zero-order valence-corrected chi connectivity index (χ0v) is 7.23. The fraction of sp³-hybridized carbons (Fsp3) is 0.100. The van der Waals surface area contributed by atoms with E-state index in [1.54, 1.807) is 6.20 Å². The van der Waals surface area contributed by atoms with Crippen molar-refractivity contribution in [2.24, 2.45) is 0 Å². The number of para-hydroxylation sites is 1. The van der Waals surface area contributed by atoms with Crippen molar-refractivity contribution in [2.45, 2.75) is 0 Å². The monoisotopic (exact) mass is 175 g/mol. The van der Waals surface area contributed by atoms with Crippen LogP contribution in [0.1, 0.15) is 0 Å². The van der Waals surface area contributed by atoms with Gasteiger partial charge in [0, 0.05) is 11.6 Å². The van der Waals surface area contributed by atoms with E-state index in [9.17, 15) is 0 Å². The maximum atomic E-state index is 4.96. The molecule has 1 heterocycles. The van der Waals surface area contributed by atoms with E-state index in [4.69, 9.17) is 4.89 Å². The normalized spacial score (nSPS) is 10.2. The molecule has 0 unspecified atom stereocenters. The molecule has 0 saturated carbocycles. The number of pyridine rings is 1. The molecule has 3 heteroatoms.